The van der Waals surface area contributed by atoms with Crippen LogP contribution in [0.15, 0.2) is 18.2 Å². The number of carbonyl (C=O) groups is 2. The van der Waals surface area contributed by atoms with E-state index < -0.39 is 0 Å². The molecule has 0 aliphatic heterocycles. The monoisotopic (exact) mass is 194 g/mol. The average Bonchev–Trinajstić information content (AvgIpc) is 2.18. The van der Waals surface area contributed by atoms with Crippen molar-refractivity contribution < 1.29 is 9.59 Å². The van der Waals surface area contributed by atoms with Crippen molar-refractivity contribution in [1.82, 2.24) is 0 Å². The lowest BCUT2D eigenvalue weighted by atomic mass is 10.1. The Kier molecular flexibility index (Phi) is 3.71. The third kappa shape index (κ3) is 2.42. The van der Waals surface area contributed by atoms with Crippen LogP contribution in [0, 0.1) is 0 Å². The second-order valence-electron chi connectivity index (χ2n) is 2.63. The lowest BCUT2D eigenvalue weighted by molar-refractivity contribution is 0.111. The molecule has 2 nitrogen and oxygen atoms in total. The van der Waals surface area contributed by atoms with Gasteiger partial charge in [0.05, 0.1) is 0 Å². The van der Waals surface area contributed by atoms with Gasteiger partial charge < -0.3 is 0 Å². The molecule has 0 amide bonds. The van der Waals surface area contributed by atoms with E-state index in [1.165, 1.54) is 0 Å². The summed E-state index contributed by atoms with van der Waals surface area (Å²) >= 11 is 1.63. The average molecular weight is 194 g/mol. The molecule has 0 fully saturated rings. The van der Waals surface area contributed by atoms with E-state index in [9.17, 15) is 9.59 Å². The van der Waals surface area contributed by atoms with Crippen molar-refractivity contribution in [3.63, 3.8) is 0 Å². The van der Waals surface area contributed by atoms with Crippen molar-refractivity contribution in [2.45, 2.75) is 5.75 Å². The highest BCUT2D eigenvalue weighted by Gasteiger charge is 2.01. The van der Waals surface area contributed by atoms with Crippen LogP contribution >= 0.6 is 11.8 Å². The Labute approximate surface area is 81.3 Å². The van der Waals surface area contributed by atoms with Crippen molar-refractivity contribution in [2.75, 3.05) is 6.26 Å². The Morgan fingerprint density at radius 1 is 1.31 bits per heavy atom. The molecule has 1 aromatic rings. The number of hydrogen-bond donors (Lipinski definition) is 0. The van der Waals surface area contributed by atoms with E-state index in [1.807, 2.05) is 6.26 Å². The summed E-state index contributed by atoms with van der Waals surface area (Å²) in [4.78, 5) is 21.1. The highest BCUT2D eigenvalue weighted by Crippen LogP contribution is 2.14. The standard InChI is InChI=1S/C10H10O2S/c1-13-7-10-4-8(5-11)2-3-9(10)6-12/h2-6H,7H2,1H3. The molecule has 0 radical (unpaired) electrons. The van der Waals surface area contributed by atoms with Gasteiger partial charge in [-0.1, -0.05) is 12.1 Å². The Morgan fingerprint density at radius 3 is 2.62 bits per heavy atom. The summed E-state index contributed by atoms with van der Waals surface area (Å²) in [6.45, 7) is 0. The molecule has 0 saturated heterocycles. The zero-order chi connectivity index (χ0) is 9.68. The largest absolute Gasteiger partial charge is 0.298 e. The van der Waals surface area contributed by atoms with Crippen LogP contribution in [0.2, 0.25) is 0 Å². The number of carbonyl (C=O) groups excluding carboxylic acids is 2. The van der Waals surface area contributed by atoms with Crippen molar-refractivity contribution in [3.8, 4) is 0 Å². The van der Waals surface area contributed by atoms with E-state index in [2.05, 4.69) is 0 Å². The third-order valence-electron chi connectivity index (χ3n) is 1.73. The normalized spacial score (nSPS) is 9.62. The summed E-state index contributed by atoms with van der Waals surface area (Å²) in [7, 11) is 0. The molecule has 13 heavy (non-hydrogen) atoms. The zero-order valence-electron chi connectivity index (χ0n) is 7.32. The summed E-state index contributed by atoms with van der Waals surface area (Å²) in [5, 5.41) is 0. The number of hydrogen-bond acceptors (Lipinski definition) is 3. The lowest BCUT2D eigenvalue weighted by Gasteiger charge is -2.02. The quantitative estimate of drug-likeness (QED) is 0.689. The first-order valence-corrected chi connectivity index (χ1v) is 5.23. The molecule has 0 unspecified atom stereocenters. The fourth-order valence-corrected chi connectivity index (χ4v) is 1.66. The smallest absolute Gasteiger partial charge is 0.150 e. The Morgan fingerprint density at radius 2 is 2.08 bits per heavy atom. The first-order chi connectivity index (χ1) is 6.31. The summed E-state index contributed by atoms with van der Waals surface area (Å²) in [5.41, 5.74) is 2.21. The van der Waals surface area contributed by atoms with Crippen LogP contribution in [0.1, 0.15) is 26.3 Å². The highest BCUT2D eigenvalue weighted by molar-refractivity contribution is 7.97. The number of rotatable bonds is 4. The van der Waals surface area contributed by atoms with Gasteiger partial charge in [-0.15, -0.1) is 0 Å². The van der Waals surface area contributed by atoms with Crippen LogP contribution in [0.25, 0.3) is 0 Å². The van der Waals surface area contributed by atoms with Crippen molar-refractivity contribution in [3.05, 3.63) is 34.9 Å². The van der Waals surface area contributed by atoms with Crippen molar-refractivity contribution >= 4 is 24.3 Å². The summed E-state index contributed by atoms with van der Waals surface area (Å²) < 4.78 is 0. The number of benzene rings is 1. The van der Waals surface area contributed by atoms with Crippen molar-refractivity contribution in [2.24, 2.45) is 0 Å². The maximum absolute atomic E-state index is 10.6. The van der Waals surface area contributed by atoms with Gasteiger partial charge in [0.1, 0.15) is 12.6 Å². The Balaban J connectivity index is 3.09. The maximum Gasteiger partial charge on any atom is 0.150 e. The fraction of sp³-hybridized carbons (Fsp3) is 0.200. The Hall–Kier alpha value is -1.09. The van der Waals surface area contributed by atoms with Gasteiger partial charge >= 0.3 is 0 Å². The van der Waals surface area contributed by atoms with Crippen LogP contribution in [0.5, 0.6) is 0 Å². The first-order valence-electron chi connectivity index (χ1n) is 3.84. The van der Waals surface area contributed by atoms with E-state index in [-0.39, 0.29) is 0 Å². The molecule has 1 aromatic carbocycles. The molecule has 0 bridgehead atoms. The maximum atomic E-state index is 10.6. The molecule has 0 aliphatic rings. The molecular weight excluding hydrogens is 184 g/mol. The van der Waals surface area contributed by atoms with Crippen molar-refractivity contribution in [1.29, 1.82) is 0 Å². The molecule has 0 aliphatic carbocycles. The molecule has 0 saturated carbocycles. The van der Waals surface area contributed by atoms with Crippen LogP contribution < -0.4 is 0 Å². The van der Waals surface area contributed by atoms with Crippen LogP contribution in [-0.4, -0.2) is 18.8 Å². The van der Waals surface area contributed by atoms with E-state index in [0.29, 0.717) is 11.1 Å². The van der Waals surface area contributed by atoms with E-state index in [4.69, 9.17) is 0 Å². The summed E-state index contributed by atoms with van der Waals surface area (Å²) in [6.07, 6.45) is 3.57. The molecule has 0 spiro atoms. The predicted octanol–water partition coefficient (Wildman–Crippen LogP) is 2.17. The van der Waals surface area contributed by atoms with Gasteiger partial charge in [-0.3, -0.25) is 9.59 Å². The molecule has 1 rings (SSSR count). The van der Waals surface area contributed by atoms with Gasteiger partial charge in [-0.2, -0.15) is 11.8 Å². The van der Waals surface area contributed by atoms with Gasteiger partial charge in [-0.05, 0) is 17.9 Å². The van der Waals surface area contributed by atoms with Gasteiger partial charge in [0.25, 0.3) is 0 Å². The molecule has 0 atom stereocenters. The van der Waals surface area contributed by atoms with Gasteiger partial charge in [0, 0.05) is 16.9 Å². The minimum Gasteiger partial charge on any atom is -0.298 e. The lowest BCUT2D eigenvalue weighted by Crippen LogP contribution is -1.92. The minimum atomic E-state index is 0.620. The molecule has 0 N–H and O–H groups in total. The van der Waals surface area contributed by atoms with E-state index >= 15 is 0 Å². The molecule has 0 aromatic heterocycles. The van der Waals surface area contributed by atoms with Crippen LogP contribution in [-0.2, 0) is 5.75 Å². The van der Waals surface area contributed by atoms with E-state index in [0.717, 1.165) is 23.9 Å². The highest BCUT2D eigenvalue weighted by atomic mass is 32.2. The zero-order valence-corrected chi connectivity index (χ0v) is 8.14. The molecule has 0 heterocycles. The molecule has 3 heteroatoms. The predicted molar refractivity (Wildman–Crippen MR) is 54.4 cm³/mol. The van der Waals surface area contributed by atoms with Gasteiger partial charge in [0.2, 0.25) is 0 Å². The SMILES string of the molecule is CSCc1cc(C=O)ccc1C=O. The summed E-state index contributed by atoms with van der Waals surface area (Å²) in [5.74, 6) is 0.760. The van der Waals surface area contributed by atoms with Crippen LogP contribution in [0.3, 0.4) is 0 Å². The topological polar surface area (TPSA) is 34.1 Å². The van der Waals surface area contributed by atoms with Crippen LogP contribution in [0.4, 0.5) is 0 Å². The molecule has 68 valence electrons. The van der Waals surface area contributed by atoms with Gasteiger partial charge in [0.15, 0.2) is 0 Å². The Bertz CT molecular complexity index is 321. The second kappa shape index (κ2) is 4.82. The number of thioether (sulfide) groups is 1. The van der Waals surface area contributed by atoms with Gasteiger partial charge in [-0.25, -0.2) is 0 Å². The number of aldehydes is 2. The van der Waals surface area contributed by atoms with E-state index in [1.54, 1.807) is 30.0 Å². The first kappa shape index (κ1) is 9.99. The minimum absolute atomic E-state index is 0.620. The fourth-order valence-electron chi connectivity index (χ4n) is 1.09. The molecular formula is C10H10O2S. The third-order valence-corrected chi connectivity index (χ3v) is 2.33. The summed E-state index contributed by atoms with van der Waals surface area (Å²) in [6, 6.07) is 5.09. The second-order valence-corrected chi connectivity index (χ2v) is 3.49.